The van der Waals surface area contributed by atoms with Crippen molar-refractivity contribution in [1.82, 2.24) is 15.0 Å². The maximum Gasteiger partial charge on any atom is 0.349 e. The molecule has 1 aromatic heterocycles. The Morgan fingerprint density at radius 3 is 2.29 bits per heavy atom. The molecule has 0 aliphatic rings. The van der Waals surface area contributed by atoms with Crippen LogP contribution in [0.5, 0.6) is 0 Å². The molecule has 0 saturated carbocycles. The molecule has 0 radical (unpaired) electrons. The number of thioether (sulfide) groups is 1. The summed E-state index contributed by atoms with van der Waals surface area (Å²) in [5, 5.41) is 2.09. The first kappa shape index (κ1) is 17.3. The van der Waals surface area contributed by atoms with Gasteiger partial charge in [-0.2, -0.15) is 4.98 Å². The standard InChI is InChI=1S/C16H10Cl3N3OS/c17-10-6-4-9(5-7-10)14-20-15(23)22-16(21-14)24-8-11-12(18)2-1-3-13(11)19/h1-7H,8H2,(H,20,21,22,23). The molecular formula is C16H10Cl3N3OS. The molecule has 0 fully saturated rings. The summed E-state index contributed by atoms with van der Waals surface area (Å²) in [5.74, 6) is 0.890. The molecule has 0 amide bonds. The Kier molecular flexibility index (Phi) is 5.46. The largest absolute Gasteiger partial charge is 0.349 e. The average Bonchev–Trinajstić information content (AvgIpc) is 2.54. The lowest BCUT2D eigenvalue weighted by atomic mass is 10.2. The number of benzene rings is 2. The predicted octanol–water partition coefficient (Wildman–Crippen LogP) is 5.08. The zero-order chi connectivity index (χ0) is 17.1. The fraction of sp³-hybridized carbons (Fsp3) is 0.0625. The van der Waals surface area contributed by atoms with Crippen molar-refractivity contribution < 1.29 is 0 Å². The molecule has 24 heavy (non-hydrogen) atoms. The SMILES string of the molecule is O=c1nc(SCc2c(Cl)cccc2Cl)nc(-c2ccc(Cl)cc2)[nH]1. The van der Waals surface area contributed by atoms with Crippen molar-refractivity contribution in [3.05, 3.63) is 73.6 Å². The molecule has 0 saturated heterocycles. The van der Waals surface area contributed by atoms with Gasteiger partial charge in [-0.1, -0.05) is 52.6 Å². The van der Waals surface area contributed by atoms with Crippen molar-refractivity contribution in [2.75, 3.05) is 0 Å². The second-order valence-corrected chi connectivity index (χ2v) is 6.97. The van der Waals surface area contributed by atoms with Crippen LogP contribution in [0.15, 0.2) is 52.4 Å². The summed E-state index contributed by atoms with van der Waals surface area (Å²) in [6.07, 6.45) is 0. The third-order valence-electron chi connectivity index (χ3n) is 3.15. The third kappa shape index (κ3) is 4.11. The Morgan fingerprint density at radius 2 is 1.62 bits per heavy atom. The minimum Gasteiger partial charge on any atom is -0.290 e. The zero-order valence-electron chi connectivity index (χ0n) is 12.1. The number of nitrogens with one attached hydrogen (secondary N) is 1. The summed E-state index contributed by atoms with van der Waals surface area (Å²) < 4.78 is 0. The molecule has 0 atom stereocenters. The second-order valence-electron chi connectivity index (χ2n) is 4.78. The molecular weight excluding hydrogens is 389 g/mol. The minimum atomic E-state index is -0.470. The van der Waals surface area contributed by atoms with E-state index in [0.717, 1.165) is 11.1 Å². The molecule has 0 unspecified atom stereocenters. The van der Waals surface area contributed by atoms with E-state index in [0.29, 0.717) is 31.8 Å². The highest BCUT2D eigenvalue weighted by Gasteiger charge is 2.10. The van der Waals surface area contributed by atoms with Crippen molar-refractivity contribution >= 4 is 46.6 Å². The predicted molar refractivity (Wildman–Crippen MR) is 99.1 cm³/mol. The summed E-state index contributed by atoms with van der Waals surface area (Å²) in [4.78, 5) is 22.7. The summed E-state index contributed by atoms with van der Waals surface area (Å²) >= 11 is 19.5. The van der Waals surface area contributed by atoms with Gasteiger partial charge in [0, 0.05) is 26.4 Å². The van der Waals surface area contributed by atoms with E-state index in [1.807, 2.05) is 0 Å². The molecule has 0 aliphatic carbocycles. The van der Waals surface area contributed by atoms with E-state index in [-0.39, 0.29) is 0 Å². The highest BCUT2D eigenvalue weighted by molar-refractivity contribution is 7.98. The molecule has 4 nitrogen and oxygen atoms in total. The van der Waals surface area contributed by atoms with E-state index in [2.05, 4.69) is 15.0 Å². The molecule has 3 aromatic rings. The highest BCUT2D eigenvalue weighted by atomic mass is 35.5. The molecule has 0 aliphatic heterocycles. The van der Waals surface area contributed by atoms with Gasteiger partial charge < -0.3 is 0 Å². The Morgan fingerprint density at radius 1 is 0.958 bits per heavy atom. The molecule has 1 N–H and O–H groups in total. The molecule has 2 aromatic carbocycles. The number of nitrogens with zero attached hydrogens (tertiary/aromatic N) is 2. The summed E-state index contributed by atoms with van der Waals surface area (Å²) in [6, 6.07) is 12.3. The van der Waals surface area contributed by atoms with Crippen molar-refractivity contribution in [2.24, 2.45) is 0 Å². The van der Waals surface area contributed by atoms with Crippen LogP contribution in [-0.4, -0.2) is 15.0 Å². The Bertz CT molecular complexity index is 908. The van der Waals surface area contributed by atoms with Crippen LogP contribution in [0.1, 0.15) is 5.56 Å². The number of rotatable bonds is 4. The van der Waals surface area contributed by atoms with E-state index >= 15 is 0 Å². The van der Waals surface area contributed by atoms with Gasteiger partial charge in [-0.05, 0) is 42.0 Å². The van der Waals surface area contributed by atoms with Crippen LogP contribution in [0.25, 0.3) is 11.4 Å². The fourth-order valence-electron chi connectivity index (χ4n) is 1.98. The lowest BCUT2D eigenvalue weighted by molar-refractivity contribution is 0.870. The van der Waals surface area contributed by atoms with Gasteiger partial charge in [0.05, 0.1) is 0 Å². The lowest BCUT2D eigenvalue weighted by Crippen LogP contribution is -2.14. The van der Waals surface area contributed by atoms with Crippen LogP contribution in [0, 0.1) is 0 Å². The van der Waals surface area contributed by atoms with Crippen molar-refractivity contribution in [2.45, 2.75) is 10.9 Å². The lowest BCUT2D eigenvalue weighted by Gasteiger charge is -2.06. The summed E-state index contributed by atoms with van der Waals surface area (Å²) in [6.45, 7) is 0. The van der Waals surface area contributed by atoms with E-state index in [1.54, 1.807) is 42.5 Å². The molecule has 1 heterocycles. The van der Waals surface area contributed by atoms with Crippen LogP contribution in [-0.2, 0) is 5.75 Å². The average molecular weight is 399 g/mol. The Hall–Kier alpha value is -1.53. The molecule has 3 rings (SSSR count). The van der Waals surface area contributed by atoms with Gasteiger partial charge >= 0.3 is 5.69 Å². The molecule has 0 bridgehead atoms. The van der Waals surface area contributed by atoms with E-state index in [9.17, 15) is 4.79 Å². The number of halogens is 3. The number of H-pyrrole nitrogens is 1. The molecule has 122 valence electrons. The first-order valence-electron chi connectivity index (χ1n) is 6.83. The topological polar surface area (TPSA) is 58.6 Å². The summed E-state index contributed by atoms with van der Waals surface area (Å²) in [7, 11) is 0. The van der Waals surface area contributed by atoms with E-state index < -0.39 is 5.69 Å². The van der Waals surface area contributed by atoms with Crippen LogP contribution < -0.4 is 5.69 Å². The van der Waals surface area contributed by atoms with Crippen molar-refractivity contribution in [3.63, 3.8) is 0 Å². The van der Waals surface area contributed by atoms with Gasteiger partial charge in [0.2, 0.25) is 0 Å². The Labute approximate surface area is 157 Å². The van der Waals surface area contributed by atoms with Gasteiger partial charge in [-0.15, -0.1) is 0 Å². The fourth-order valence-corrected chi connectivity index (χ4v) is 3.68. The van der Waals surface area contributed by atoms with E-state index in [4.69, 9.17) is 34.8 Å². The van der Waals surface area contributed by atoms with Crippen LogP contribution in [0.4, 0.5) is 0 Å². The first-order valence-corrected chi connectivity index (χ1v) is 8.95. The van der Waals surface area contributed by atoms with Gasteiger partial charge in [-0.3, -0.25) is 4.98 Å². The monoisotopic (exact) mass is 397 g/mol. The quantitative estimate of drug-likeness (QED) is 0.622. The normalized spacial score (nSPS) is 10.8. The third-order valence-corrected chi connectivity index (χ3v) is 4.99. The van der Waals surface area contributed by atoms with Gasteiger partial charge in [0.15, 0.2) is 5.16 Å². The smallest absolute Gasteiger partial charge is 0.290 e. The summed E-state index contributed by atoms with van der Waals surface area (Å²) in [5.41, 5.74) is 1.06. The number of hydrogen-bond donors (Lipinski definition) is 1. The number of aromatic nitrogens is 3. The maximum atomic E-state index is 11.8. The van der Waals surface area contributed by atoms with Gasteiger partial charge in [0.1, 0.15) is 5.82 Å². The van der Waals surface area contributed by atoms with Crippen molar-refractivity contribution in [1.29, 1.82) is 0 Å². The van der Waals surface area contributed by atoms with E-state index in [1.165, 1.54) is 11.8 Å². The molecule has 8 heteroatoms. The first-order chi connectivity index (χ1) is 11.5. The minimum absolute atomic E-state index is 0.347. The maximum absolute atomic E-state index is 11.8. The highest BCUT2D eigenvalue weighted by Crippen LogP contribution is 2.30. The van der Waals surface area contributed by atoms with Crippen LogP contribution in [0.2, 0.25) is 15.1 Å². The number of hydrogen-bond acceptors (Lipinski definition) is 4. The van der Waals surface area contributed by atoms with Crippen molar-refractivity contribution in [3.8, 4) is 11.4 Å². The second kappa shape index (κ2) is 7.57. The zero-order valence-corrected chi connectivity index (χ0v) is 15.2. The van der Waals surface area contributed by atoms with Crippen LogP contribution >= 0.6 is 46.6 Å². The number of aromatic amines is 1. The van der Waals surface area contributed by atoms with Gasteiger partial charge in [0.25, 0.3) is 0 Å². The Balaban J connectivity index is 1.87. The van der Waals surface area contributed by atoms with Gasteiger partial charge in [-0.25, -0.2) is 9.78 Å². The molecule has 0 spiro atoms. The van der Waals surface area contributed by atoms with Crippen LogP contribution in [0.3, 0.4) is 0 Å².